The summed E-state index contributed by atoms with van der Waals surface area (Å²) in [5.74, 6) is -0.209. The molecule has 1 N–H and O–H groups in total. The molecular weight excluding hydrogens is 468 g/mol. The number of anilines is 1. The fourth-order valence-electron chi connectivity index (χ4n) is 5.45. The van der Waals surface area contributed by atoms with Crippen LogP contribution in [0, 0.1) is 0 Å². The molecular formula is C30H26N2O5. The second-order valence-electron chi connectivity index (χ2n) is 9.53. The number of fused-ring (bicyclic) bond motifs is 2. The number of aliphatic hydroxyl groups is 1. The summed E-state index contributed by atoms with van der Waals surface area (Å²) < 4.78 is 13.0. The van der Waals surface area contributed by atoms with Crippen molar-refractivity contribution in [2.75, 3.05) is 12.0 Å². The van der Waals surface area contributed by atoms with Crippen molar-refractivity contribution < 1.29 is 24.2 Å². The topological polar surface area (TPSA) is 81.0 Å². The maximum absolute atomic E-state index is 13.6. The molecule has 1 aromatic heterocycles. The monoisotopic (exact) mass is 494 g/mol. The summed E-state index contributed by atoms with van der Waals surface area (Å²) in [6.45, 7) is 1.99. The molecule has 0 saturated carbocycles. The second-order valence-corrected chi connectivity index (χ2v) is 9.53. The summed E-state index contributed by atoms with van der Waals surface area (Å²) in [6.07, 6.45) is 2.68. The van der Waals surface area contributed by atoms with E-state index in [-0.39, 0.29) is 17.4 Å². The highest BCUT2D eigenvalue weighted by molar-refractivity contribution is 6.51. The zero-order chi connectivity index (χ0) is 25.8. The second kappa shape index (κ2) is 8.55. The van der Waals surface area contributed by atoms with E-state index in [2.05, 4.69) is 0 Å². The SMILES string of the molecule is COc1ccc(N2C(=O)C(=O)/C(=C(/O)c3ccc4c(c3)CC(C)O4)C2c2cn(C)c3ccccc23)cc1. The lowest BCUT2D eigenvalue weighted by Gasteiger charge is -2.25. The molecule has 186 valence electrons. The number of aromatic nitrogens is 1. The minimum Gasteiger partial charge on any atom is -0.507 e. The highest BCUT2D eigenvalue weighted by Gasteiger charge is 2.48. The number of hydrogen-bond donors (Lipinski definition) is 1. The van der Waals surface area contributed by atoms with Gasteiger partial charge in [-0.1, -0.05) is 18.2 Å². The number of aliphatic hydroxyl groups excluding tert-OH is 1. The Morgan fingerprint density at radius 1 is 1.05 bits per heavy atom. The number of rotatable bonds is 4. The molecule has 2 unspecified atom stereocenters. The molecule has 2 aliphatic rings. The number of para-hydroxylation sites is 1. The van der Waals surface area contributed by atoms with Crippen molar-refractivity contribution in [1.29, 1.82) is 0 Å². The van der Waals surface area contributed by atoms with Gasteiger partial charge >= 0.3 is 0 Å². The highest BCUT2D eigenvalue weighted by Crippen LogP contribution is 2.45. The van der Waals surface area contributed by atoms with Crippen molar-refractivity contribution >= 4 is 34.0 Å². The lowest BCUT2D eigenvalue weighted by molar-refractivity contribution is -0.132. The van der Waals surface area contributed by atoms with Crippen LogP contribution in [0.25, 0.3) is 16.7 Å². The molecule has 7 heteroatoms. The molecule has 37 heavy (non-hydrogen) atoms. The molecule has 1 fully saturated rings. The van der Waals surface area contributed by atoms with Gasteiger partial charge in [0.15, 0.2) is 0 Å². The van der Waals surface area contributed by atoms with Crippen LogP contribution in [0.1, 0.15) is 29.7 Å². The third-order valence-electron chi connectivity index (χ3n) is 7.19. The number of nitrogens with zero attached hydrogens (tertiary/aromatic N) is 2. The van der Waals surface area contributed by atoms with Gasteiger partial charge in [0, 0.05) is 47.4 Å². The van der Waals surface area contributed by atoms with E-state index in [0.29, 0.717) is 23.4 Å². The van der Waals surface area contributed by atoms with Crippen LogP contribution in [0.2, 0.25) is 0 Å². The number of carbonyl (C=O) groups excluding carboxylic acids is 2. The van der Waals surface area contributed by atoms with E-state index in [4.69, 9.17) is 9.47 Å². The Morgan fingerprint density at radius 2 is 1.81 bits per heavy atom. The Kier molecular flexibility index (Phi) is 5.30. The van der Waals surface area contributed by atoms with Crippen molar-refractivity contribution in [2.24, 2.45) is 7.05 Å². The van der Waals surface area contributed by atoms with Crippen molar-refractivity contribution in [3.05, 3.63) is 95.2 Å². The summed E-state index contributed by atoms with van der Waals surface area (Å²) in [6, 6.07) is 19.4. The zero-order valence-corrected chi connectivity index (χ0v) is 20.8. The van der Waals surface area contributed by atoms with E-state index in [9.17, 15) is 14.7 Å². The maximum atomic E-state index is 13.6. The molecule has 2 atom stereocenters. The zero-order valence-electron chi connectivity index (χ0n) is 20.8. The van der Waals surface area contributed by atoms with Crippen LogP contribution in [0.4, 0.5) is 5.69 Å². The van der Waals surface area contributed by atoms with E-state index in [1.807, 2.05) is 55.1 Å². The van der Waals surface area contributed by atoms with Crippen molar-refractivity contribution in [3.8, 4) is 11.5 Å². The third-order valence-corrected chi connectivity index (χ3v) is 7.19. The molecule has 3 aromatic carbocycles. The minimum atomic E-state index is -0.817. The van der Waals surface area contributed by atoms with Crippen LogP contribution in [0.5, 0.6) is 11.5 Å². The van der Waals surface area contributed by atoms with Crippen LogP contribution < -0.4 is 14.4 Å². The Balaban J connectivity index is 1.58. The standard InChI is InChI=1S/C30H26N2O5/c1-17-14-19-15-18(8-13-25(19)37-17)28(33)26-27(23-16-31(2)24-7-5-4-6-22(23)24)32(30(35)29(26)34)20-9-11-21(36-3)12-10-20/h4-13,15-17,27,33H,14H2,1-3H3/b28-26+. The Labute approximate surface area is 214 Å². The molecule has 0 spiro atoms. The first-order chi connectivity index (χ1) is 17.9. The van der Waals surface area contributed by atoms with E-state index >= 15 is 0 Å². The van der Waals surface area contributed by atoms with E-state index < -0.39 is 17.7 Å². The number of methoxy groups -OCH3 is 1. The normalized spacial score (nSPS) is 20.4. The Bertz CT molecular complexity index is 1600. The fourth-order valence-corrected chi connectivity index (χ4v) is 5.45. The number of ketones is 1. The van der Waals surface area contributed by atoms with Crippen molar-refractivity contribution in [3.63, 3.8) is 0 Å². The molecule has 1 amide bonds. The Hall–Kier alpha value is -4.52. The molecule has 7 nitrogen and oxygen atoms in total. The average Bonchev–Trinajstić information content (AvgIpc) is 3.54. The van der Waals surface area contributed by atoms with Crippen molar-refractivity contribution in [1.82, 2.24) is 4.57 Å². The minimum absolute atomic E-state index is 0.0451. The van der Waals surface area contributed by atoms with Crippen LogP contribution >= 0.6 is 0 Å². The van der Waals surface area contributed by atoms with Gasteiger partial charge in [0.05, 0.1) is 18.7 Å². The summed E-state index contributed by atoms with van der Waals surface area (Å²) in [5.41, 5.74) is 3.76. The lowest BCUT2D eigenvalue weighted by Crippen LogP contribution is -2.29. The third kappa shape index (κ3) is 3.57. The predicted molar refractivity (Wildman–Crippen MR) is 141 cm³/mol. The molecule has 2 aliphatic heterocycles. The van der Waals surface area contributed by atoms with Gasteiger partial charge in [0.1, 0.15) is 23.4 Å². The van der Waals surface area contributed by atoms with Crippen LogP contribution in [-0.4, -0.2) is 34.6 Å². The summed E-state index contributed by atoms with van der Waals surface area (Å²) in [7, 11) is 3.49. The van der Waals surface area contributed by atoms with Gasteiger partial charge in [-0.05, 0) is 61.0 Å². The van der Waals surface area contributed by atoms with Gasteiger partial charge < -0.3 is 19.1 Å². The molecule has 3 heterocycles. The number of ether oxygens (including phenoxy) is 2. The summed E-state index contributed by atoms with van der Waals surface area (Å²) in [5, 5.41) is 12.5. The van der Waals surface area contributed by atoms with E-state index in [0.717, 1.165) is 27.8 Å². The van der Waals surface area contributed by atoms with E-state index in [1.165, 1.54) is 4.90 Å². The van der Waals surface area contributed by atoms with Gasteiger partial charge in [-0.3, -0.25) is 14.5 Å². The van der Waals surface area contributed by atoms with Gasteiger partial charge in [-0.2, -0.15) is 0 Å². The van der Waals surface area contributed by atoms with Gasteiger partial charge in [0.2, 0.25) is 0 Å². The first-order valence-electron chi connectivity index (χ1n) is 12.2. The summed E-state index contributed by atoms with van der Waals surface area (Å²) in [4.78, 5) is 28.6. The molecule has 0 bridgehead atoms. The molecule has 4 aromatic rings. The first kappa shape index (κ1) is 22.9. The van der Waals surface area contributed by atoms with Gasteiger partial charge in [-0.25, -0.2) is 0 Å². The molecule has 0 aliphatic carbocycles. The number of aryl methyl sites for hydroxylation is 1. The summed E-state index contributed by atoms with van der Waals surface area (Å²) >= 11 is 0. The number of hydrogen-bond acceptors (Lipinski definition) is 5. The smallest absolute Gasteiger partial charge is 0.300 e. The number of Topliss-reactive ketones (excluding diaryl/α,β-unsaturated/α-hetero) is 1. The predicted octanol–water partition coefficient (Wildman–Crippen LogP) is 5.14. The largest absolute Gasteiger partial charge is 0.507 e. The number of benzene rings is 3. The molecule has 1 saturated heterocycles. The molecule has 6 rings (SSSR count). The van der Waals surface area contributed by atoms with Gasteiger partial charge in [-0.15, -0.1) is 0 Å². The fraction of sp³-hybridized carbons (Fsp3) is 0.200. The lowest BCUT2D eigenvalue weighted by atomic mass is 9.94. The first-order valence-corrected chi connectivity index (χ1v) is 12.2. The number of carbonyl (C=O) groups is 2. The van der Waals surface area contributed by atoms with Crippen LogP contribution in [0.15, 0.2) is 78.5 Å². The maximum Gasteiger partial charge on any atom is 0.300 e. The molecule has 0 radical (unpaired) electrons. The quantitative estimate of drug-likeness (QED) is 0.242. The highest BCUT2D eigenvalue weighted by atomic mass is 16.5. The van der Waals surface area contributed by atoms with Crippen LogP contribution in [0.3, 0.4) is 0 Å². The van der Waals surface area contributed by atoms with Gasteiger partial charge in [0.25, 0.3) is 11.7 Å². The number of amides is 1. The van der Waals surface area contributed by atoms with E-state index in [1.54, 1.807) is 43.5 Å². The van der Waals surface area contributed by atoms with Crippen molar-refractivity contribution in [2.45, 2.75) is 25.5 Å². The van der Waals surface area contributed by atoms with Crippen LogP contribution in [-0.2, 0) is 23.1 Å². The average molecular weight is 495 g/mol. The Morgan fingerprint density at radius 3 is 2.57 bits per heavy atom.